The first kappa shape index (κ1) is 11.0. The Morgan fingerprint density at radius 3 is 2.00 bits per heavy atom. The van der Waals surface area contributed by atoms with Crippen LogP contribution in [0.5, 0.6) is 5.75 Å². The van der Waals surface area contributed by atoms with Crippen molar-refractivity contribution in [3.05, 3.63) is 29.8 Å². The molecule has 0 aliphatic heterocycles. The van der Waals surface area contributed by atoms with Crippen LogP contribution in [-0.2, 0) is 6.42 Å². The quantitative estimate of drug-likeness (QED) is 0.673. The molecule has 1 rings (SSSR count). The number of aliphatic hydroxyl groups excluding tert-OH is 1. The summed E-state index contributed by atoms with van der Waals surface area (Å²) in [6, 6.07) is 7.39. The van der Waals surface area contributed by atoms with E-state index in [9.17, 15) is 0 Å². The summed E-state index contributed by atoms with van der Waals surface area (Å²) in [5.41, 5.74) is 1.01. The van der Waals surface area contributed by atoms with Crippen LogP contribution in [-0.4, -0.2) is 16.8 Å². The molecule has 2 nitrogen and oxygen atoms in total. The van der Waals surface area contributed by atoms with Crippen molar-refractivity contribution in [2.24, 2.45) is 0 Å². The highest BCUT2D eigenvalue weighted by molar-refractivity contribution is 5.31. The first-order valence-corrected chi connectivity index (χ1v) is 4.13. The minimum absolute atomic E-state index is 0.250. The van der Waals surface area contributed by atoms with Crippen LogP contribution >= 0.6 is 0 Å². The van der Waals surface area contributed by atoms with Gasteiger partial charge in [-0.15, -0.1) is 0 Å². The molecule has 1 aromatic rings. The third kappa shape index (κ3) is 3.98. The van der Waals surface area contributed by atoms with Crippen LogP contribution < -0.4 is 0 Å². The highest BCUT2D eigenvalue weighted by Crippen LogP contribution is 2.14. The van der Waals surface area contributed by atoms with E-state index in [1.165, 1.54) is 0 Å². The van der Waals surface area contributed by atoms with E-state index in [0.717, 1.165) is 12.0 Å². The van der Waals surface area contributed by atoms with E-state index >= 15 is 0 Å². The lowest BCUT2D eigenvalue weighted by Crippen LogP contribution is -1.77. The topological polar surface area (TPSA) is 40.5 Å². The molecule has 0 aromatic heterocycles. The van der Waals surface area contributed by atoms with E-state index in [1.54, 1.807) is 13.0 Å². The van der Waals surface area contributed by atoms with Gasteiger partial charge in [0, 0.05) is 6.61 Å². The smallest absolute Gasteiger partial charge is 0.118 e. The fourth-order valence-electron chi connectivity index (χ4n) is 0.810. The Balaban J connectivity index is 0.000000354. The number of rotatable bonds is 1. The summed E-state index contributed by atoms with van der Waals surface area (Å²) < 4.78 is 0. The minimum atomic E-state index is 0.250. The molecular weight excluding hydrogens is 152 g/mol. The Bertz CT molecular complexity index is 209. The predicted octanol–water partition coefficient (Wildman–Crippen LogP) is 1.95. The van der Waals surface area contributed by atoms with Crippen molar-refractivity contribution in [3.8, 4) is 5.75 Å². The van der Waals surface area contributed by atoms with Gasteiger partial charge in [-0.05, 0) is 25.0 Å². The van der Waals surface area contributed by atoms with Gasteiger partial charge in [0.25, 0.3) is 0 Å². The minimum Gasteiger partial charge on any atom is -0.508 e. The Kier molecular flexibility index (Phi) is 6.11. The molecule has 68 valence electrons. The second-order valence-electron chi connectivity index (χ2n) is 2.30. The Morgan fingerprint density at radius 2 is 1.67 bits per heavy atom. The maximum Gasteiger partial charge on any atom is 0.118 e. The average Bonchev–Trinajstić information content (AvgIpc) is 2.07. The molecule has 12 heavy (non-hydrogen) atoms. The molecule has 0 radical (unpaired) electrons. The fourth-order valence-corrected chi connectivity index (χ4v) is 0.810. The number of aliphatic hydroxyl groups is 1. The number of benzene rings is 1. The van der Waals surface area contributed by atoms with E-state index in [1.807, 2.05) is 25.1 Å². The zero-order chi connectivity index (χ0) is 9.40. The molecule has 0 atom stereocenters. The predicted molar refractivity (Wildman–Crippen MR) is 50.2 cm³/mol. The largest absolute Gasteiger partial charge is 0.508 e. The van der Waals surface area contributed by atoms with Gasteiger partial charge in [-0.1, -0.05) is 25.1 Å². The number of hydrogen-bond acceptors (Lipinski definition) is 2. The van der Waals surface area contributed by atoms with Crippen molar-refractivity contribution >= 4 is 0 Å². The molecule has 0 spiro atoms. The van der Waals surface area contributed by atoms with Gasteiger partial charge in [0.15, 0.2) is 0 Å². The molecule has 0 aliphatic rings. The third-order valence-corrected chi connectivity index (χ3v) is 1.37. The molecule has 0 unspecified atom stereocenters. The Morgan fingerprint density at radius 1 is 1.17 bits per heavy atom. The molecular formula is C10H16O2. The van der Waals surface area contributed by atoms with Crippen LogP contribution in [0.2, 0.25) is 0 Å². The van der Waals surface area contributed by atoms with E-state index in [0.29, 0.717) is 5.75 Å². The van der Waals surface area contributed by atoms with Gasteiger partial charge < -0.3 is 10.2 Å². The molecule has 0 amide bonds. The first-order chi connectivity index (χ1) is 5.76. The van der Waals surface area contributed by atoms with Gasteiger partial charge in [-0.25, -0.2) is 0 Å². The van der Waals surface area contributed by atoms with Crippen molar-refractivity contribution in [3.63, 3.8) is 0 Å². The number of phenols is 1. The van der Waals surface area contributed by atoms with Gasteiger partial charge in [-0.2, -0.15) is 0 Å². The molecule has 0 saturated heterocycles. The van der Waals surface area contributed by atoms with Crippen molar-refractivity contribution in [2.45, 2.75) is 20.3 Å². The van der Waals surface area contributed by atoms with E-state index in [-0.39, 0.29) is 6.61 Å². The van der Waals surface area contributed by atoms with E-state index in [2.05, 4.69) is 0 Å². The average molecular weight is 168 g/mol. The SMILES string of the molecule is CCO.CCc1ccccc1O. The summed E-state index contributed by atoms with van der Waals surface area (Å²) in [6.07, 6.45) is 0.896. The third-order valence-electron chi connectivity index (χ3n) is 1.37. The van der Waals surface area contributed by atoms with E-state index < -0.39 is 0 Å². The molecule has 0 fully saturated rings. The summed E-state index contributed by atoms with van der Waals surface area (Å²) in [4.78, 5) is 0. The van der Waals surface area contributed by atoms with Crippen LogP contribution in [0.1, 0.15) is 19.4 Å². The van der Waals surface area contributed by atoms with Crippen molar-refractivity contribution in [2.75, 3.05) is 6.61 Å². The highest BCUT2D eigenvalue weighted by atomic mass is 16.3. The Hall–Kier alpha value is -1.02. The normalized spacial score (nSPS) is 8.58. The lowest BCUT2D eigenvalue weighted by atomic mass is 10.1. The molecule has 1 aromatic carbocycles. The van der Waals surface area contributed by atoms with Crippen LogP contribution in [0.25, 0.3) is 0 Å². The number of aromatic hydroxyl groups is 1. The summed E-state index contributed by atoms with van der Waals surface area (Å²) >= 11 is 0. The molecule has 2 N–H and O–H groups in total. The molecule has 0 saturated carbocycles. The number of aryl methyl sites for hydroxylation is 1. The summed E-state index contributed by atoms with van der Waals surface area (Å²) in [6.45, 7) is 3.95. The molecule has 0 aliphatic carbocycles. The van der Waals surface area contributed by atoms with Gasteiger partial charge in [0.1, 0.15) is 5.75 Å². The van der Waals surface area contributed by atoms with Crippen molar-refractivity contribution < 1.29 is 10.2 Å². The summed E-state index contributed by atoms with van der Waals surface area (Å²) in [5.74, 6) is 0.403. The highest BCUT2D eigenvalue weighted by Gasteiger charge is 1.92. The van der Waals surface area contributed by atoms with Crippen molar-refractivity contribution in [1.29, 1.82) is 0 Å². The number of phenolic OH excluding ortho intramolecular Hbond substituents is 1. The second-order valence-corrected chi connectivity index (χ2v) is 2.30. The van der Waals surface area contributed by atoms with Crippen LogP contribution in [0.4, 0.5) is 0 Å². The standard InChI is InChI=1S/C8H10O.C2H6O/c1-2-7-5-3-4-6-8(7)9;1-2-3/h3-6,9H,2H2,1H3;3H,2H2,1H3. The maximum absolute atomic E-state index is 9.11. The zero-order valence-corrected chi connectivity index (χ0v) is 7.62. The molecule has 0 bridgehead atoms. The van der Waals surface area contributed by atoms with E-state index in [4.69, 9.17) is 10.2 Å². The fraction of sp³-hybridized carbons (Fsp3) is 0.400. The van der Waals surface area contributed by atoms with Gasteiger partial charge in [-0.3, -0.25) is 0 Å². The maximum atomic E-state index is 9.11. The summed E-state index contributed by atoms with van der Waals surface area (Å²) in [7, 11) is 0. The second kappa shape index (κ2) is 6.68. The summed E-state index contributed by atoms with van der Waals surface area (Å²) in [5, 5.41) is 16.7. The zero-order valence-electron chi connectivity index (χ0n) is 7.62. The lowest BCUT2D eigenvalue weighted by molar-refractivity contribution is 0.318. The van der Waals surface area contributed by atoms with Crippen LogP contribution in [0, 0.1) is 0 Å². The number of para-hydroxylation sites is 1. The number of hydrogen-bond donors (Lipinski definition) is 2. The Labute approximate surface area is 73.5 Å². The van der Waals surface area contributed by atoms with Gasteiger partial charge >= 0.3 is 0 Å². The molecule has 0 heterocycles. The van der Waals surface area contributed by atoms with Gasteiger partial charge in [0.05, 0.1) is 0 Å². The monoisotopic (exact) mass is 168 g/mol. The van der Waals surface area contributed by atoms with Crippen LogP contribution in [0.3, 0.4) is 0 Å². The first-order valence-electron chi connectivity index (χ1n) is 4.13. The van der Waals surface area contributed by atoms with Crippen LogP contribution in [0.15, 0.2) is 24.3 Å². The van der Waals surface area contributed by atoms with Gasteiger partial charge in [0.2, 0.25) is 0 Å². The van der Waals surface area contributed by atoms with Crippen molar-refractivity contribution in [1.82, 2.24) is 0 Å². The lowest BCUT2D eigenvalue weighted by Gasteiger charge is -1.97. The molecule has 2 heteroatoms.